The number of hydrogen-bond donors (Lipinski definition) is 1. The zero-order valence-electron chi connectivity index (χ0n) is 18.8. The average Bonchev–Trinajstić information content (AvgIpc) is 2.62. The minimum absolute atomic E-state index is 0.845. The first kappa shape index (κ1) is 23.0. The molecule has 150 valence electrons. The largest absolute Gasteiger partial charge is 0.320 e. The standard InChI is InChI=1S/C24H49N/c1-9-12-21(11-3)22(13-10-2)16-23-19(6)20(7)24(23)18(5)17(4)14-15-25-8/h17-25H,9-16H2,1-8H3. The number of rotatable bonds is 13. The molecule has 0 aliphatic heterocycles. The molecular formula is C24H49N. The SMILES string of the molecule is CCCC(CC)C(CCC)CC1C(C)C(C)C1C(C)C(C)CCNC. The van der Waals surface area contributed by atoms with Crippen LogP contribution in [0.25, 0.3) is 0 Å². The molecule has 0 aromatic rings. The molecule has 1 N–H and O–H groups in total. The summed E-state index contributed by atoms with van der Waals surface area (Å²) in [4.78, 5) is 0. The van der Waals surface area contributed by atoms with E-state index >= 15 is 0 Å². The zero-order chi connectivity index (χ0) is 19.0. The summed E-state index contributed by atoms with van der Waals surface area (Å²) >= 11 is 0. The Morgan fingerprint density at radius 2 is 1.44 bits per heavy atom. The normalized spacial score (nSPS) is 31.2. The third-order valence-corrected chi connectivity index (χ3v) is 8.05. The van der Waals surface area contributed by atoms with E-state index in [1.165, 1.54) is 51.5 Å². The van der Waals surface area contributed by atoms with Crippen molar-refractivity contribution in [2.45, 2.75) is 93.4 Å². The molecule has 0 amide bonds. The Balaban J connectivity index is 2.77. The highest BCUT2D eigenvalue weighted by atomic mass is 14.8. The Bertz CT molecular complexity index is 339. The van der Waals surface area contributed by atoms with Crippen LogP contribution >= 0.6 is 0 Å². The van der Waals surface area contributed by atoms with E-state index in [9.17, 15) is 0 Å². The van der Waals surface area contributed by atoms with Crippen LogP contribution in [0, 0.1) is 47.3 Å². The van der Waals surface area contributed by atoms with E-state index < -0.39 is 0 Å². The molecule has 8 unspecified atom stereocenters. The molecule has 8 atom stereocenters. The van der Waals surface area contributed by atoms with Gasteiger partial charge in [0.15, 0.2) is 0 Å². The maximum Gasteiger partial charge on any atom is -0.00493 e. The lowest BCUT2D eigenvalue weighted by atomic mass is 9.50. The van der Waals surface area contributed by atoms with Crippen LogP contribution in [-0.4, -0.2) is 13.6 Å². The molecule has 1 saturated carbocycles. The third-order valence-electron chi connectivity index (χ3n) is 8.05. The van der Waals surface area contributed by atoms with Gasteiger partial charge in [-0.2, -0.15) is 0 Å². The molecule has 1 aliphatic rings. The fourth-order valence-corrected chi connectivity index (χ4v) is 6.00. The second-order valence-corrected chi connectivity index (χ2v) is 9.43. The van der Waals surface area contributed by atoms with E-state index in [1.54, 1.807) is 0 Å². The van der Waals surface area contributed by atoms with Crippen LogP contribution in [0.1, 0.15) is 93.4 Å². The van der Waals surface area contributed by atoms with Gasteiger partial charge in [-0.05, 0) is 73.8 Å². The van der Waals surface area contributed by atoms with Gasteiger partial charge in [0.25, 0.3) is 0 Å². The van der Waals surface area contributed by atoms with Crippen molar-refractivity contribution in [3.05, 3.63) is 0 Å². The lowest BCUT2D eigenvalue weighted by Crippen LogP contribution is -2.49. The summed E-state index contributed by atoms with van der Waals surface area (Å²) in [6.07, 6.45) is 9.83. The zero-order valence-corrected chi connectivity index (χ0v) is 18.8. The van der Waals surface area contributed by atoms with Crippen LogP contribution < -0.4 is 5.32 Å². The van der Waals surface area contributed by atoms with Crippen LogP contribution in [0.5, 0.6) is 0 Å². The molecule has 1 fully saturated rings. The van der Waals surface area contributed by atoms with Crippen LogP contribution in [-0.2, 0) is 0 Å². The minimum atomic E-state index is 0.845. The summed E-state index contributed by atoms with van der Waals surface area (Å²) in [5.41, 5.74) is 0. The van der Waals surface area contributed by atoms with Gasteiger partial charge in [-0.15, -0.1) is 0 Å². The highest BCUT2D eigenvalue weighted by molar-refractivity contribution is 4.97. The molecule has 0 spiro atoms. The molecule has 1 heteroatoms. The van der Waals surface area contributed by atoms with Gasteiger partial charge in [-0.3, -0.25) is 0 Å². The van der Waals surface area contributed by atoms with Crippen molar-refractivity contribution in [2.24, 2.45) is 47.3 Å². The first-order chi connectivity index (χ1) is 11.9. The molecule has 0 heterocycles. The molecule has 0 aromatic heterocycles. The monoisotopic (exact) mass is 351 g/mol. The van der Waals surface area contributed by atoms with Crippen LogP contribution in [0.3, 0.4) is 0 Å². The topological polar surface area (TPSA) is 12.0 Å². The average molecular weight is 352 g/mol. The fourth-order valence-electron chi connectivity index (χ4n) is 6.00. The van der Waals surface area contributed by atoms with Crippen molar-refractivity contribution in [1.29, 1.82) is 0 Å². The van der Waals surface area contributed by atoms with E-state index in [2.05, 4.69) is 60.8 Å². The Hall–Kier alpha value is -0.0400. The number of hydrogen-bond acceptors (Lipinski definition) is 1. The fraction of sp³-hybridized carbons (Fsp3) is 1.00. The van der Waals surface area contributed by atoms with E-state index in [1.807, 2.05) is 0 Å². The molecule has 0 bridgehead atoms. The second-order valence-electron chi connectivity index (χ2n) is 9.43. The molecule has 0 aromatic carbocycles. The lowest BCUT2D eigenvalue weighted by Gasteiger charge is -2.55. The lowest BCUT2D eigenvalue weighted by molar-refractivity contribution is -0.0674. The van der Waals surface area contributed by atoms with Gasteiger partial charge in [0.1, 0.15) is 0 Å². The molecule has 25 heavy (non-hydrogen) atoms. The number of nitrogens with one attached hydrogen (secondary N) is 1. The molecule has 1 rings (SSSR count). The molecule has 0 saturated heterocycles. The summed E-state index contributed by atoms with van der Waals surface area (Å²) in [5, 5.41) is 3.35. The van der Waals surface area contributed by atoms with Crippen molar-refractivity contribution in [3.63, 3.8) is 0 Å². The van der Waals surface area contributed by atoms with Gasteiger partial charge >= 0.3 is 0 Å². The molecule has 0 radical (unpaired) electrons. The summed E-state index contributed by atoms with van der Waals surface area (Å²) in [5.74, 6) is 7.44. The van der Waals surface area contributed by atoms with E-state index in [4.69, 9.17) is 0 Å². The van der Waals surface area contributed by atoms with Gasteiger partial charge in [0, 0.05) is 0 Å². The minimum Gasteiger partial charge on any atom is -0.320 e. The van der Waals surface area contributed by atoms with E-state index in [0.717, 1.165) is 47.3 Å². The van der Waals surface area contributed by atoms with Crippen molar-refractivity contribution in [2.75, 3.05) is 13.6 Å². The van der Waals surface area contributed by atoms with Crippen molar-refractivity contribution >= 4 is 0 Å². The Labute approximate surface area is 160 Å². The highest BCUT2D eigenvalue weighted by Gasteiger charge is 2.48. The second kappa shape index (κ2) is 11.6. The van der Waals surface area contributed by atoms with Crippen LogP contribution in [0.15, 0.2) is 0 Å². The quantitative estimate of drug-likeness (QED) is 0.376. The van der Waals surface area contributed by atoms with Gasteiger partial charge in [0.05, 0.1) is 0 Å². The Morgan fingerprint density at radius 3 is 1.96 bits per heavy atom. The van der Waals surface area contributed by atoms with E-state index in [-0.39, 0.29) is 0 Å². The Kier molecular flexibility index (Phi) is 10.7. The summed E-state index contributed by atoms with van der Waals surface area (Å²) < 4.78 is 0. The van der Waals surface area contributed by atoms with Gasteiger partial charge in [-0.1, -0.05) is 80.6 Å². The van der Waals surface area contributed by atoms with Gasteiger partial charge in [-0.25, -0.2) is 0 Å². The van der Waals surface area contributed by atoms with Gasteiger partial charge in [0.2, 0.25) is 0 Å². The maximum atomic E-state index is 3.35. The third kappa shape index (κ3) is 5.98. The summed E-state index contributed by atoms with van der Waals surface area (Å²) in [6.45, 7) is 18.5. The van der Waals surface area contributed by atoms with Crippen molar-refractivity contribution < 1.29 is 0 Å². The first-order valence-corrected chi connectivity index (χ1v) is 11.6. The molecule has 1 aliphatic carbocycles. The van der Waals surface area contributed by atoms with E-state index in [0.29, 0.717) is 0 Å². The van der Waals surface area contributed by atoms with Gasteiger partial charge < -0.3 is 5.32 Å². The maximum absolute atomic E-state index is 3.35. The highest BCUT2D eigenvalue weighted by Crippen LogP contribution is 2.55. The van der Waals surface area contributed by atoms with Crippen molar-refractivity contribution in [1.82, 2.24) is 5.32 Å². The predicted octanol–water partition coefficient (Wildman–Crippen LogP) is 7.02. The predicted molar refractivity (Wildman–Crippen MR) is 114 cm³/mol. The van der Waals surface area contributed by atoms with Crippen molar-refractivity contribution in [3.8, 4) is 0 Å². The molecular weight excluding hydrogens is 302 g/mol. The summed E-state index contributed by atoms with van der Waals surface area (Å²) in [7, 11) is 2.09. The van der Waals surface area contributed by atoms with Crippen LogP contribution in [0.4, 0.5) is 0 Å². The Morgan fingerprint density at radius 1 is 0.840 bits per heavy atom. The smallest absolute Gasteiger partial charge is 0.00493 e. The summed E-state index contributed by atoms with van der Waals surface area (Å²) in [6, 6.07) is 0. The first-order valence-electron chi connectivity index (χ1n) is 11.6. The van der Waals surface area contributed by atoms with Crippen LogP contribution in [0.2, 0.25) is 0 Å². The molecule has 1 nitrogen and oxygen atoms in total.